The average molecular weight is 325 g/mol. The number of carbonyl (C=O) groups is 1. The van der Waals surface area contributed by atoms with E-state index in [1.54, 1.807) is 0 Å². The molecule has 0 spiro atoms. The van der Waals surface area contributed by atoms with Crippen molar-refractivity contribution >= 4 is 5.78 Å². The van der Waals surface area contributed by atoms with E-state index in [4.69, 9.17) is 5.84 Å². The Morgan fingerprint density at radius 2 is 1.26 bits per heavy atom. The quantitative estimate of drug-likeness (QED) is 0.351. The second-order valence-corrected chi connectivity index (χ2v) is 7.42. The van der Waals surface area contributed by atoms with Crippen molar-refractivity contribution in [3.05, 3.63) is 0 Å². The van der Waals surface area contributed by atoms with E-state index in [-0.39, 0.29) is 0 Å². The molecule has 0 aromatic carbocycles. The molecule has 0 amide bonds. The standard InChI is InChI=1S/C20H40N2O/c1-2-3-4-5-6-7-8-9-10-11-12-13-14-20(23)19-15-17-22(21)18-16-19/h19H,2-18,21H2,1H3. The molecule has 2 N–H and O–H groups in total. The van der Waals surface area contributed by atoms with Crippen LogP contribution >= 0.6 is 0 Å². The first kappa shape index (κ1) is 20.6. The minimum absolute atomic E-state index is 0.294. The number of ketones is 1. The molecular formula is C20H40N2O. The Balaban J connectivity index is 1.81. The normalized spacial score (nSPS) is 16.8. The number of rotatable bonds is 14. The summed E-state index contributed by atoms with van der Waals surface area (Å²) < 4.78 is 0. The Bertz CT molecular complexity index is 285. The highest BCUT2D eigenvalue weighted by Gasteiger charge is 2.22. The summed E-state index contributed by atoms with van der Waals surface area (Å²) in [5.41, 5.74) is 0. The number of Topliss-reactive ketones (excluding diaryl/α,β-unsaturated/α-hetero) is 1. The Labute approximate surface area is 144 Å². The van der Waals surface area contributed by atoms with Crippen LogP contribution in [0.1, 0.15) is 103 Å². The van der Waals surface area contributed by atoms with Gasteiger partial charge in [0.15, 0.2) is 0 Å². The largest absolute Gasteiger partial charge is 0.299 e. The third kappa shape index (κ3) is 10.9. The van der Waals surface area contributed by atoms with Crippen LogP contribution in [-0.2, 0) is 4.79 Å². The molecule has 0 atom stereocenters. The number of hydrogen-bond donors (Lipinski definition) is 1. The number of nitrogens with zero attached hydrogens (tertiary/aromatic N) is 1. The second kappa shape index (κ2) is 14.0. The van der Waals surface area contributed by atoms with Crippen molar-refractivity contribution in [2.75, 3.05) is 13.1 Å². The SMILES string of the molecule is CCCCCCCCCCCCCCC(=O)C1CCN(N)CC1. The Morgan fingerprint density at radius 3 is 1.74 bits per heavy atom. The van der Waals surface area contributed by atoms with E-state index in [1.165, 1.54) is 70.6 Å². The van der Waals surface area contributed by atoms with Crippen molar-refractivity contribution in [3.63, 3.8) is 0 Å². The van der Waals surface area contributed by atoms with Crippen LogP contribution < -0.4 is 5.84 Å². The zero-order valence-corrected chi connectivity index (χ0v) is 15.5. The summed E-state index contributed by atoms with van der Waals surface area (Å²) in [5.74, 6) is 6.52. The molecule has 3 nitrogen and oxygen atoms in total. The first-order chi connectivity index (χ1) is 11.2. The predicted octanol–water partition coefficient (Wildman–Crippen LogP) is 5.23. The summed E-state index contributed by atoms with van der Waals surface area (Å²) in [6.07, 6.45) is 19.0. The van der Waals surface area contributed by atoms with Crippen molar-refractivity contribution < 1.29 is 4.79 Å². The lowest BCUT2D eigenvalue weighted by atomic mass is 9.90. The van der Waals surface area contributed by atoms with E-state index >= 15 is 0 Å². The van der Waals surface area contributed by atoms with Gasteiger partial charge in [0.1, 0.15) is 5.78 Å². The molecule has 1 heterocycles. The summed E-state index contributed by atoms with van der Waals surface area (Å²) in [6, 6.07) is 0. The zero-order valence-electron chi connectivity index (χ0n) is 15.5. The van der Waals surface area contributed by atoms with Crippen molar-refractivity contribution in [2.45, 2.75) is 103 Å². The molecule has 0 unspecified atom stereocenters. The van der Waals surface area contributed by atoms with Crippen LogP contribution in [0.5, 0.6) is 0 Å². The Morgan fingerprint density at radius 1 is 0.826 bits per heavy atom. The van der Waals surface area contributed by atoms with E-state index in [9.17, 15) is 4.79 Å². The fourth-order valence-electron chi connectivity index (χ4n) is 3.57. The van der Waals surface area contributed by atoms with Gasteiger partial charge in [-0.05, 0) is 19.3 Å². The minimum Gasteiger partial charge on any atom is -0.299 e. The molecule has 1 rings (SSSR count). The van der Waals surface area contributed by atoms with Gasteiger partial charge in [-0.2, -0.15) is 0 Å². The monoisotopic (exact) mass is 324 g/mol. The topological polar surface area (TPSA) is 46.3 Å². The molecule has 136 valence electrons. The van der Waals surface area contributed by atoms with Gasteiger partial charge < -0.3 is 0 Å². The molecule has 0 aliphatic carbocycles. The van der Waals surface area contributed by atoms with E-state index in [0.717, 1.165) is 38.8 Å². The van der Waals surface area contributed by atoms with Gasteiger partial charge in [-0.1, -0.05) is 77.6 Å². The third-order valence-electron chi connectivity index (χ3n) is 5.26. The minimum atomic E-state index is 0.294. The number of hydrogen-bond acceptors (Lipinski definition) is 3. The van der Waals surface area contributed by atoms with Crippen molar-refractivity contribution in [2.24, 2.45) is 11.8 Å². The van der Waals surface area contributed by atoms with Gasteiger partial charge >= 0.3 is 0 Å². The van der Waals surface area contributed by atoms with Gasteiger partial charge in [-0.25, -0.2) is 5.01 Å². The van der Waals surface area contributed by atoms with Crippen molar-refractivity contribution in [3.8, 4) is 0 Å². The highest BCUT2D eigenvalue weighted by atomic mass is 16.1. The van der Waals surface area contributed by atoms with Crippen molar-refractivity contribution in [1.29, 1.82) is 0 Å². The number of piperidine rings is 1. The lowest BCUT2D eigenvalue weighted by Crippen LogP contribution is -2.40. The lowest BCUT2D eigenvalue weighted by molar-refractivity contribution is -0.124. The molecule has 0 saturated carbocycles. The maximum absolute atomic E-state index is 12.1. The Kier molecular flexibility index (Phi) is 12.5. The molecule has 1 aliphatic heterocycles. The molecular weight excluding hydrogens is 284 g/mol. The maximum atomic E-state index is 12.1. The molecule has 23 heavy (non-hydrogen) atoms. The van der Waals surface area contributed by atoms with Crippen molar-refractivity contribution in [1.82, 2.24) is 5.01 Å². The Hall–Kier alpha value is -0.410. The molecule has 0 bridgehead atoms. The number of nitrogens with two attached hydrogens (primary N) is 1. The van der Waals surface area contributed by atoms with Crippen LogP contribution in [0.3, 0.4) is 0 Å². The summed E-state index contributed by atoms with van der Waals surface area (Å²) in [4.78, 5) is 12.1. The van der Waals surface area contributed by atoms with Gasteiger partial charge in [0, 0.05) is 25.4 Å². The van der Waals surface area contributed by atoms with Crippen LogP contribution in [0.2, 0.25) is 0 Å². The molecule has 1 aliphatic rings. The molecule has 1 saturated heterocycles. The van der Waals surface area contributed by atoms with Crippen LogP contribution in [-0.4, -0.2) is 23.9 Å². The predicted molar refractivity (Wildman–Crippen MR) is 99.2 cm³/mol. The fraction of sp³-hybridized carbons (Fsp3) is 0.950. The summed E-state index contributed by atoms with van der Waals surface area (Å²) in [6.45, 7) is 4.04. The number of unbranched alkanes of at least 4 members (excludes halogenated alkanes) is 11. The average Bonchev–Trinajstić information content (AvgIpc) is 2.56. The fourth-order valence-corrected chi connectivity index (χ4v) is 3.57. The van der Waals surface area contributed by atoms with Gasteiger partial charge in [0.2, 0.25) is 0 Å². The highest BCUT2D eigenvalue weighted by Crippen LogP contribution is 2.19. The molecule has 1 fully saturated rings. The third-order valence-corrected chi connectivity index (χ3v) is 5.26. The first-order valence-corrected chi connectivity index (χ1v) is 10.3. The summed E-state index contributed by atoms with van der Waals surface area (Å²) in [5, 5.41) is 1.84. The smallest absolute Gasteiger partial charge is 0.136 e. The molecule has 3 heteroatoms. The van der Waals surface area contributed by atoms with E-state index in [0.29, 0.717) is 11.7 Å². The van der Waals surface area contributed by atoms with Crippen LogP contribution in [0.4, 0.5) is 0 Å². The van der Waals surface area contributed by atoms with Gasteiger partial charge in [0.25, 0.3) is 0 Å². The lowest BCUT2D eigenvalue weighted by Gasteiger charge is -2.27. The highest BCUT2D eigenvalue weighted by molar-refractivity contribution is 5.81. The molecule has 0 aromatic heterocycles. The van der Waals surface area contributed by atoms with Crippen LogP contribution in [0, 0.1) is 5.92 Å². The molecule has 0 aromatic rings. The second-order valence-electron chi connectivity index (χ2n) is 7.42. The maximum Gasteiger partial charge on any atom is 0.136 e. The van der Waals surface area contributed by atoms with Gasteiger partial charge in [-0.3, -0.25) is 10.6 Å². The van der Waals surface area contributed by atoms with Crippen LogP contribution in [0.25, 0.3) is 0 Å². The van der Waals surface area contributed by atoms with E-state index < -0.39 is 0 Å². The number of hydrazine groups is 1. The van der Waals surface area contributed by atoms with Gasteiger partial charge in [0.05, 0.1) is 0 Å². The summed E-state index contributed by atoms with van der Waals surface area (Å²) >= 11 is 0. The number of carbonyl (C=O) groups excluding carboxylic acids is 1. The van der Waals surface area contributed by atoms with Crippen LogP contribution in [0.15, 0.2) is 0 Å². The van der Waals surface area contributed by atoms with E-state index in [1.807, 2.05) is 5.01 Å². The zero-order chi connectivity index (χ0) is 16.8. The van der Waals surface area contributed by atoms with E-state index in [2.05, 4.69) is 6.92 Å². The first-order valence-electron chi connectivity index (χ1n) is 10.3. The van der Waals surface area contributed by atoms with Gasteiger partial charge in [-0.15, -0.1) is 0 Å². The molecule has 0 radical (unpaired) electrons. The summed E-state index contributed by atoms with van der Waals surface area (Å²) in [7, 11) is 0.